The summed E-state index contributed by atoms with van der Waals surface area (Å²) in [4.78, 5) is 12.7. The number of rotatable bonds is 5. The highest BCUT2D eigenvalue weighted by molar-refractivity contribution is 5.89. The molecule has 2 atom stereocenters. The zero-order valence-electron chi connectivity index (χ0n) is 12.6. The Labute approximate surface area is 124 Å². The van der Waals surface area contributed by atoms with E-state index in [0.29, 0.717) is 30.9 Å². The number of Topliss-reactive ketones (excluding diaryl/α,β-unsaturated/α-hetero) is 1. The van der Waals surface area contributed by atoms with E-state index in [2.05, 4.69) is 6.92 Å². The zero-order valence-corrected chi connectivity index (χ0v) is 12.6. The molecule has 1 aromatic carbocycles. The second-order valence-corrected chi connectivity index (χ2v) is 6.01. The minimum Gasteiger partial charge on any atom is -0.367 e. The Balaban J connectivity index is 2.18. The molecule has 1 fully saturated rings. The molecule has 1 aliphatic rings. The molecule has 0 N–H and O–H groups in total. The molecule has 0 bridgehead atoms. The van der Waals surface area contributed by atoms with Gasteiger partial charge in [0, 0.05) is 19.1 Å². The van der Waals surface area contributed by atoms with Crippen molar-refractivity contribution in [2.45, 2.75) is 51.6 Å². The third kappa shape index (κ3) is 3.88. The second kappa shape index (κ2) is 6.65. The summed E-state index contributed by atoms with van der Waals surface area (Å²) in [6, 6.07) is 3.24. The highest BCUT2D eigenvalue weighted by atomic mass is 19.1. The first kappa shape index (κ1) is 16.1. The van der Waals surface area contributed by atoms with E-state index >= 15 is 0 Å². The molecular weight excluding hydrogens is 274 g/mol. The van der Waals surface area contributed by atoms with Crippen molar-refractivity contribution < 1.29 is 18.3 Å². The summed E-state index contributed by atoms with van der Waals surface area (Å²) in [6.45, 7) is 4.45. The van der Waals surface area contributed by atoms with Crippen molar-refractivity contribution in [3.05, 3.63) is 35.4 Å². The normalized spacial score (nSPS) is 25.8. The van der Waals surface area contributed by atoms with Gasteiger partial charge in [-0.15, -0.1) is 0 Å². The fourth-order valence-corrected chi connectivity index (χ4v) is 3.30. The summed E-state index contributed by atoms with van der Waals surface area (Å²) in [5, 5.41) is 0. The van der Waals surface area contributed by atoms with Crippen molar-refractivity contribution in [3.63, 3.8) is 0 Å². The summed E-state index contributed by atoms with van der Waals surface area (Å²) in [5.41, 5.74) is -0.412. The molecule has 1 aromatic rings. The van der Waals surface area contributed by atoms with Crippen molar-refractivity contribution in [1.29, 1.82) is 0 Å². The SMILES string of the molecule is CCOC1(C(=O)Cc2cc(F)cc(F)c2)CCCC(C)C1. The first-order chi connectivity index (χ1) is 9.95. The lowest BCUT2D eigenvalue weighted by atomic mass is 9.75. The van der Waals surface area contributed by atoms with Crippen LogP contribution in [0.1, 0.15) is 45.1 Å². The predicted octanol–water partition coefficient (Wildman–Crippen LogP) is 4.06. The highest BCUT2D eigenvalue weighted by Crippen LogP contribution is 2.36. The molecule has 0 radical (unpaired) electrons. The van der Waals surface area contributed by atoms with Crippen LogP contribution in [0.3, 0.4) is 0 Å². The van der Waals surface area contributed by atoms with Crippen LogP contribution in [-0.4, -0.2) is 18.0 Å². The van der Waals surface area contributed by atoms with Crippen LogP contribution in [-0.2, 0) is 16.0 Å². The number of hydrogen-bond donors (Lipinski definition) is 0. The van der Waals surface area contributed by atoms with Gasteiger partial charge in [0.25, 0.3) is 0 Å². The van der Waals surface area contributed by atoms with E-state index in [0.717, 1.165) is 18.9 Å². The molecule has 0 aromatic heterocycles. The highest BCUT2D eigenvalue weighted by Gasteiger charge is 2.41. The Hall–Kier alpha value is -1.29. The van der Waals surface area contributed by atoms with E-state index in [9.17, 15) is 13.6 Å². The fourth-order valence-electron chi connectivity index (χ4n) is 3.30. The Morgan fingerprint density at radius 3 is 2.57 bits per heavy atom. The van der Waals surface area contributed by atoms with Crippen LogP contribution in [0.25, 0.3) is 0 Å². The molecule has 2 rings (SSSR count). The molecular formula is C17H22F2O2. The molecule has 0 amide bonds. The molecule has 0 saturated heterocycles. The van der Waals surface area contributed by atoms with Gasteiger partial charge in [-0.25, -0.2) is 8.78 Å². The molecule has 4 heteroatoms. The third-order valence-electron chi connectivity index (χ3n) is 4.17. The van der Waals surface area contributed by atoms with Crippen LogP contribution in [0.5, 0.6) is 0 Å². The Kier molecular flexibility index (Phi) is 5.09. The van der Waals surface area contributed by atoms with Gasteiger partial charge < -0.3 is 4.74 Å². The van der Waals surface area contributed by atoms with Crippen molar-refractivity contribution in [2.75, 3.05) is 6.61 Å². The lowest BCUT2D eigenvalue weighted by molar-refractivity contribution is -0.150. The molecule has 2 unspecified atom stereocenters. The summed E-state index contributed by atoms with van der Waals surface area (Å²) >= 11 is 0. The summed E-state index contributed by atoms with van der Waals surface area (Å²) in [5.74, 6) is -0.945. The van der Waals surface area contributed by atoms with Crippen LogP contribution in [0.2, 0.25) is 0 Å². The van der Waals surface area contributed by atoms with Crippen LogP contribution < -0.4 is 0 Å². The zero-order chi connectivity index (χ0) is 15.5. The molecule has 1 aliphatic carbocycles. The number of halogens is 2. The smallest absolute Gasteiger partial charge is 0.168 e. The van der Waals surface area contributed by atoms with Crippen LogP contribution >= 0.6 is 0 Å². The summed E-state index contributed by atoms with van der Waals surface area (Å²) in [6.07, 6.45) is 3.45. The number of ether oxygens (including phenoxy) is 1. The lowest BCUT2D eigenvalue weighted by Crippen LogP contribution is -2.46. The summed E-state index contributed by atoms with van der Waals surface area (Å²) < 4.78 is 32.3. The van der Waals surface area contributed by atoms with E-state index in [1.54, 1.807) is 0 Å². The van der Waals surface area contributed by atoms with Crippen molar-refractivity contribution in [1.82, 2.24) is 0 Å². The van der Waals surface area contributed by atoms with Gasteiger partial charge >= 0.3 is 0 Å². The fraction of sp³-hybridized carbons (Fsp3) is 0.588. The van der Waals surface area contributed by atoms with Crippen molar-refractivity contribution >= 4 is 5.78 Å². The lowest BCUT2D eigenvalue weighted by Gasteiger charge is -2.38. The van der Waals surface area contributed by atoms with Crippen LogP contribution in [0, 0.1) is 17.6 Å². The average Bonchev–Trinajstić information content (AvgIpc) is 2.37. The average molecular weight is 296 g/mol. The van der Waals surface area contributed by atoms with Crippen molar-refractivity contribution in [2.24, 2.45) is 5.92 Å². The van der Waals surface area contributed by atoms with Gasteiger partial charge in [0.1, 0.15) is 17.2 Å². The first-order valence-corrected chi connectivity index (χ1v) is 7.57. The van der Waals surface area contributed by atoms with E-state index in [-0.39, 0.29) is 12.2 Å². The quantitative estimate of drug-likeness (QED) is 0.819. The number of ketones is 1. The minimum atomic E-state index is -0.783. The number of carbonyl (C=O) groups is 1. The first-order valence-electron chi connectivity index (χ1n) is 7.57. The van der Waals surface area contributed by atoms with Gasteiger partial charge in [0.05, 0.1) is 0 Å². The van der Waals surface area contributed by atoms with Gasteiger partial charge in [-0.1, -0.05) is 13.3 Å². The molecule has 21 heavy (non-hydrogen) atoms. The van der Waals surface area contributed by atoms with Crippen molar-refractivity contribution in [3.8, 4) is 0 Å². The Morgan fingerprint density at radius 1 is 1.33 bits per heavy atom. The number of carbonyl (C=O) groups excluding carboxylic acids is 1. The van der Waals surface area contributed by atoms with Gasteiger partial charge in [0.15, 0.2) is 5.78 Å². The topological polar surface area (TPSA) is 26.3 Å². The van der Waals surface area contributed by atoms with E-state index in [4.69, 9.17) is 4.74 Å². The maximum absolute atomic E-state index is 13.2. The largest absolute Gasteiger partial charge is 0.367 e. The van der Waals surface area contributed by atoms with Crippen LogP contribution in [0.4, 0.5) is 8.78 Å². The molecule has 0 aliphatic heterocycles. The van der Waals surface area contributed by atoms with Gasteiger partial charge in [0.2, 0.25) is 0 Å². The van der Waals surface area contributed by atoms with Crippen LogP contribution in [0.15, 0.2) is 18.2 Å². The molecule has 2 nitrogen and oxygen atoms in total. The predicted molar refractivity (Wildman–Crippen MR) is 77.1 cm³/mol. The third-order valence-corrected chi connectivity index (χ3v) is 4.17. The monoisotopic (exact) mass is 296 g/mol. The van der Waals surface area contributed by atoms with Gasteiger partial charge in [-0.05, 0) is 49.8 Å². The molecule has 0 heterocycles. The van der Waals surface area contributed by atoms with E-state index in [1.165, 1.54) is 12.1 Å². The van der Waals surface area contributed by atoms with Gasteiger partial charge in [-0.3, -0.25) is 4.79 Å². The maximum atomic E-state index is 13.2. The number of hydrogen-bond acceptors (Lipinski definition) is 2. The van der Waals surface area contributed by atoms with E-state index < -0.39 is 17.2 Å². The minimum absolute atomic E-state index is 0.0153. The molecule has 0 spiro atoms. The maximum Gasteiger partial charge on any atom is 0.168 e. The number of benzene rings is 1. The second-order valence-electron chi connectivity index (χ2n) is 6.01. The van der Waals surface area contributed by atoms with E-state index in [1.807, 2.05) is 6.92 Å². The molecule has 1 saturated carbocycles. The van der Waals surface area contributed by atoms with Gasteiger partial charge in [-0.2, -0.15) is 0 Å². The Morgan fingerprint density at radius 2 is 2.00 bits per heavy atom. The standard InChI is InChI=1S/C17H22F2O2/c1-3-21-17(6-4-5-12(2)11-17)16(20)9-13-7-14(18)10-15(19)8-13/h7-8,10,12H,3-6,9,11H2,1-2H3. The molecule has 116 valence electrons. The summed E-state index contributed by atoms with van der Waals surface area (Å²) in [7, 11) is 0. The Bertz CT molecular complexity index is 491.